The molecule has 0 unspecified atom stereocenters. The number of fused-ring (bicyclic) bond motifs is 1. The van der Waals surface area contributed by atoms with Gasteiger partial charge in [0.25, 0.3) is 5.91 Å². The van der Waals surface area contributed by atoms with Gasteiger partial charge < -0.3 is 14.2 Å². The fraction of sp³-hybridized carbons (Fsp3) is 0.292. The Morgan fingerprint density at radius 1 is 1.00 bits per heavy atom. The SMILES string of the molecule is CCOc1cc(C(=O)Nc2nc(CSc3nc4ccccc4s3)cs2)cc(OCC)c1OCC. The lowest BCUT2D eigenvalue weighted by Gasteiger charge is -2.16. The van der Waals surface area contributed by atoms with Crippen LogP contribution in [0.5, 0.6) is 17.2 Å². The van der Waals surface area contributed by atoms with E-state index in [1.807, 2.05) is 44.4 Å². The van der Waals surface area contributed by atoms with Crippen molar-refractivity contribution in [1.82, 2.24) is 9.97 Å². The second-order valence-electron chi connectivity index (χ2n) is 6.93. The van der Waals surface area contributed by atoms with Crippen LogP contribution in [0.25, 0.3) is 10.2 Å². The Morgan fingerprint density at radius 2 is 1.71 bits per heavy atom. The molecule has 34 heavy (non-hydrogen) atoms. The Hall–Kier alpha value is -2.82. The van der Waals surface area contributed by atoms with Crippen LogP contribution in [-0.4, -0.2) is 35.7 Å². The number of carbonyl (C=O) groups is 1. The zero-order valence-electron chi connectivity index (χ0n) is 19.1. The highest BCUT2D eigenvalue weighted by Crippen LogP contribution is 2.39. The maximum absolute atomic E-state index is 13.0. The molecule has 7 nitrogen and oxygen atoms in total. The summed E-state index contributed by atoms with van der Waals surface area (Å²) >= 11 is 4.70. The van der Waals surface area contributed by atoms with Gasteiger partial charge in [-0.2, -0.15) is 0 Å². The predicted molar refractivity (Wildman–Crippen MR) is 139 cm³/mol. The van der Waals surface area contributed by atoms with E-state index in [-0.39, 0.29) is 5.91 Å². The van der Waals surface area contributed by atoms with E-state index in [2.05, 4.69) is 21.4 Å². The van der Waals surface area contributed by atoms with Crippen LogP contribution in [0.4, 0.5) is 5.13 Å². The quantitative estimate of drug-likeness (QED) is 0.229. The van der Waals surface area contributed by atoms with Crippen LogP contribution in [0.15, 0.2) is 46.1 Å². The molecule has 4 rings (SSSR count). The van der Waals surface area contributed by atoms with Gasteiger partial charge in [-0.25, -0.2) is 9.97 Å². The molecular weight excluding hydrogens is 490 g/mol. The monoisotopic (exact) mass is 515 g/mol. The van der Waals surface area contributed by atoms with E-state index in [1.54, 1.807) is 35.2 Å². The topological polar surface area (TPSA) is 82.6 Å². The predicted octanol–water partition coefficient (Wildman–Crippen LogP) is 6.49. The van der Waals surface area contributed by atoms with E-state index in [0.717, 1.165) is 15.6 Å². The van der Waals surface area contributed by atoms with Crippen LogP contribution < -0.4 is 19.5 Å². The number of ether oxygens (including phenoxy) is 3. The van der Waals surface area contributed by atoms with Gasteiger partial charge in [-0.15, -0.1) is 22.7 Å². The van der Waals surface area contributed by atoms with Gasteiger partial charge in [0, 0.05) is 16.7 Å². The molecule has 0 atom stereocenters. The van der Waals surface area contributed by atoms with Crippen LogP contribution >= 0.6 is 34.4 Å². The standard InChI is InChI=1S/C24H25N3O4S3/c1-4-29-18-11-15(12-19(30-5-2)21(18)31-6-3)22(28)27-23-25-16(13-32-23)14-33-24-26-17-9-7-8-10-20(17)34-24/h7-13H,4-6,14H2,1-3H3,(H,25,27,28). The average Bonchev–Trinajstić information content (AvgIpc) is 3.46. The van der Waals surface area contributed by atoms with Crippen LogP contribution in [0.1, 0.15) is 36.8 Å². The van der Waals surface area contributed by atoms with Gasteiger partial charge in [-0.3, -0.25) is 10.1 Å². The van der Waals surface area contributed by atoms with Gasteiger partial charge in [-0.05, 0) is 45.0 Å². The van der Waals surface area contributed by atoms with E-state index in [0.29, 0.717) is 53.5 Å². The van der Waals surface area contributed by atoms with Crippen molar-refractivity contribution in [1.29, 1.82) is 0 Å². The van der Waals surface area contributed by atoms with Gasteiger partial charge in [0.05, 0.1) is 35.7 Å². The van der Waals surface area contributed by atoms with Crippen molar-refractivity contribution >= 4 is 55.7 Å². The number of aromatic nitrogens is 2. The van der Waals surface area contributed by atoms with E-state index < -0.39 is 0 Å². The largest absolute Gasteiger partial charge is 0.490 e. The first-order valence-electron chi connectivity index (χ1n) is 10.9. The molecule has 0 fully saturated rings. The number of benzene rings is 2. The molecule has 1 N–H and O–H groups in total. The molecule has 0 spiro atoms. The second-order valence-corrected chi connectivity index (χ2v) is 10.0. The van der Waals surface area contributed by atoms with E-state index in [9.17, 15) is 4.79 Å². The molecular formula is C24H25N3O4S3. The first-order valence-corrected chi connectivity index (χ1v) is 13.6. The normalized spacial score (nSPS) is 10.9. The number of amides is 1. The second kappa shape index (κ2) is 11.5. The van der Waals surface area contributed by atoms with E-state index >= 15 is 0 Å². The van der Waals surface area contributed by atoms with Gasteiger partial charge in [-0.1, -0.05) is 23.9 Å². The van der Waals surface area contributed by atoms with Gasteiger partial charge in [0.15, 0.2) is 21.0 Å². The summed E-state index contributed by atoms with van der Waals surface area (Å²) in [5.74, 6) is 1.86. The lowest BCUT2D eigenvalue weighted by molar-refractivity contribution is 0.102. The molecule has 2 heterocycles. The lowest BCUT2D eigenvalue weighted by Crippen LogP contribution is -2.13. The average molecular weight is 516 g/mol. The minimum Gasteiger partial charge on any atom is -0.490 e. The summed E-state index contributed by atoms with van der Waals surface area (Å²) in [6.07, 6.45) is 0. The highest BCUT2D eigenvalue weighted by molar-refractivity contribution is 8.00. The van der Waals surface area contributed by atoms with Crippen molar-refractivity contribution in [3.63, 3.8) is 0 Å². The molecule has 0 saturated carbocycles. The molecule has 1 amide bonds. The van der Waals surface area contributed by atoms with E-state index in [4.69, 9.17) is 14.2 Å². The third kappa shape index (κ3) is 5.81. The van der Waals surface area contributed by atoms with Crippen molar-refractivity contribution in [2.75, 3.05) is 25.1 Å². The zero-order valence-corrected chi connectivity index (χ0v) is 21.6. The fourth-order valence-corrected chi connectivity index (χ4v) is 5.94. The number of carbonyl (C=O) groups excluding carboxylic acids is 1. The number of rotatable bonds is 11. The molecule has 0 radical (unpaired) electrons. The Balaban J connectivity index is 1.45. The number of anilines is 1. The van der Waals surface area contributed by atoms with Crippen molar-refractivity contribution < 1.29 is 19.0 Å². The number of nitrogens with one attached hydrogen (secondary N) is 1. The number of hydrogen-bond donors (Lipinski definition) is 1. The molecule has 0 bridgehead atoms. The van der Waals surface area contributed by atoms with E-state index in [1.165, 1.54) is 16.0 Å². The zero-order chi connectivity index (χ0) is 23.9. The minimum absolute atomic E-state index is 0.287. The number of nitrogens with zero attached hydrogens (tertiary/aromatic N) is 2. The van der Waals surface area contributed by atoms with Crippen molar-refractivity contribution in [3.8, 4) is 17.2 Å². The first kappa shape index (κ1) is 24.3. The third-order valence-corrected chi connectivity index (χ3v) is 7.58. The van der Waals surface area contributed by atoms with Crippen LogP contribution in [0.3, 0.4) is 0 Å². The van der Waals surface area contributed by atoms with Crippen LogP contribution in [-0.2, 0) is 5.75 Å². The van der Waals surface area contributed by atoms with Gasteiger partial charge >= 0.3 is 0 Å². The molecule has 2 aromatic carbocycles. The summed E-state index contributed by atoms with van der Waals surface area (Å²) in [6.45, 7) is 7.00. The molecule has 0 saturated heterocycles. The van der Waals surface area contributed by atoms with Crippen molar-refractivity contribution in [2.45, 2.75) is 30.9 Å². The third-order valence-electron chi connectivity index (χ3n) is 4.56. The molecule has 0 aliphatic heterocycles. The van der Waals surface area contributed by atoms with Crippen LogP contribution in [0, 0.1) is 0 Å². The summed E-state index contributed by atoms with van der Waals surface area (Å²) in [5.41, 5.74) is 2.31. The smallest absolute Gasteiger partial charge is 0.257 e. The minimum atomic E-state index is -0.287. The Kier molecular flexibility index (Phi) is 8.25. The molecule has 4 aromatic rings. The molecule has 2 aromatic heterocycles. The number of thiazole rings is 2. The Labute approximate surface area is 210 Å². The number of thioether (sulfide) groups is 1. The summed E-state index contributed by atoms with van der Waals surface area (Å²) < 4.78 is 19.3. The highest BCUT2D eigenvalue weighted by atomic mass is 32.2. The van der Waals surface area contributed by atoms with Gasteiger partial charge in [0.1, 0.15) is 0 Å². The lowest BCUT2D eigenvalue weighted by atomic mass is 10.1. The highest BCUT2D eigenvalue weighted by Gasteiger charge is 2.19. The van der Waals surface area contributed by atoms with Crippen molar-refractivity contribution in [2.24, 2.45) is 0 Å². The molecule has 0 aliphatic rings. The maximum Gasteiger partial charge on any atom is 0.257 e. The Morgan fingerprint density at radius 3 is 2.38 bits per heavy atom. The number of para-hydroxylation sites is 1. The van der Waals surface area contributed by atoms with Crippen molar-refractivity contribution in [3.05, 3.63) is 53.0 Å². The summed E-state index contributed by atoms with van der Waals surface area (Å²) in [7, 11) is 0. The first-order chi connectivity index (χ1) is 16.6. The summed E-state index contributed by atoms with van der Waals surface area (Å²) in [5, 5.41) is 5.37. The molecule has 10 heteroatoms. The van der Waals surface area contributed by atoms with Crippen LogP contribution in [0.2, 0.25) is 0 Å². The molecule has 178 valence electrons. The van der Waals surface area contributed by atoms with Gasteiger partial charge in [0.2, 0.25) is 5.75 Å². The summed E-state index contributed by atoms with van der Waals surface area (Å²) in [6, 6.07) is 11.4. The molecule has 0 aliphatic carbocycles. The maximum atomic E-state index is 13.0. The summed E-state index contributed by atoms with van der Waals surface area (Å²) in [4.78, 5) is 22.2. The fourth-order valence-electron chi connectivity index (χ4n) is 3.17. The Bertz CT molecular complexity index is 1210. The number of hydrogen-bond acceptors (Lipinski definition) is 9.